The number of amides is 4. The Balaban J connectivity index is 1.08. The van der Waals surface area contributed by atoms with E-state index in [4.69, 9.17) is 4.74 Å². The Bertz CT molecular complexity index is 2860. The number of aromatic amines is 1. The Kier molecular flexibility index (Phi) is 18.7. The van der Waals surface area contributed by atoms with E-state index < -0.39 is 56.0 Å². The molecule has 14 nitrogen and oxygen atoms in total. The van der Waals surface area contributed by atoms with Crippen LogP contribution in [0.4, 0.5) is 11.4 Å². The van der Waals surface area contributed by atoms with Crippen LogP contribution >= 0.6 is 0 Å². The Morgan fingerprint density at radius 2 is 1.50 bits per heavy atom. The van der Waals surface area contributed by atoms with E-state index in [1.807, 2.05) is 51.1 Å². The summed E-state index contributed by atoms with van der Waals surface area (Å²) < 4.78 is 5.83. The van der Waals surface area contributed by atoms with Gasteiger partial charge in [0.15, 0.2) is 0 Å². The van der Waals surface area contributed by atoms with Gasteiger partial charge in [0.1, 0.15) is 25.9 Å². The third-order valence-corrected chi connectivity index (χ3v) is 18.6. The number of carbonyl (C=O) groups excluding carboxylic acids is 5. The number of phenolic OH excluding ortho intramolecular Hbond substituents is 1. The van der Waals surface area contributed by atoms with Crippen LogP contribution in [0, 0.1) is 5.92 Å². The summed E-state index contributed by atoms with van der Waals surface area (Å²) in [7, 11) is 7.77. The summed E-state index contributed by atoms with van der Waals surface area (Å²) in [5.41, 5.74) is 9.12. The van der Waals surface area contributed by atoms with Gasteiger partial charge in [-0.2, -0.15) is 0 Å². The van der Waals surface area contributed by atoms with Crippen molar-refractivity contribution in [1.82, 2.24) is 25.8 Å². The van der Waals surface area contributed by atoms with E-state index in [1.165, 1.54) is 49.9 Å². The number of likely N-dealkylation sites (N-methyl/N-ethyl adjacent to an activating group) is 1. The van der Waals surface area contributed by atoms with Crippen LogP contribution in [0.3, 0.4) is 0 Å². The zero-order valence-electron chi connectivity index (χ0n) is 46.2. The Hall–Kier alpha value is -7.13. The number of nitrogens with zero attached hydrogens (tertiary/aromatic N) is 3. The molecule has 15 heteroatoms. The fourth-order valence-electron chi connectivity index (χ4n) is 10.5. The van der Waals surface area contributed by atoms with Crippen molar-refractivity contribution in [1.29, 1.82) is 0 Å². The van der Waals surface area contributed by atoms with Gasteiger partial charge in [0.2, 0.25) is 23.6 Å². The minimum atomic E-state index is -2.08. The number of fused-ring (bicyclic) bond motifs is 3. The molecule has 7 rings (SSSR count). The van der Waals surface area contributed by atoms with Crippen molar-refractivity contribution in [3.63, 3.8) is 0 Å². The smallest absolute Gasteiger partial charge is 0.308 e. The molecule has 0 fully saturated rings. The summed E-state index contributed by atoms with van der Waals surface area (Å²) in [6.45, 7) is 10.9. The molecule has 0 bridgehead atoms. The fraction of sp³-hybridized carbons (Fsp3) is 0.426. The summed E-state index contributed by atoms with van der Waals surface area (Å²) in [5.74, 6) is -2.24. The number of aromatic hydroxyl groups is 1. The van der Waals surface area contributed by atoms with Gasteiger partial charge >= 0.3 is 5.97 Å². The van der Waals surface area contributed by atoms with Crippen molar-refractivity contribution < 1.29 is 33.8 Å². The molecule has 76 heavy (non-hydrogen) atoms. The maximum atomic E-state index is 14.9. The normalized spacial score (nSPS) is 21.3. The number of anilines is 2. The average molecular weight is 1050 g/mol. The second kappa shape index (κ2) is 25.1. The van der Waals surface area contributed by atoms with Crippen LogP contribution in [0.25, 0.3) is 16.5 Å². The van der Waals surface area contributed by atoms with Gasteiger partial charge in [-0.3, -0.25) is 24.0 Å². The number of benzene rings is 4. The van der Waals surface area contributed by atoms with E-state index in [9.17, 15) is 29.1 Å². The molecule has 0 saturated carbocycles. The molecule has 5 N–H and O–H groups in total. The highest BCUT2D eigenvalue weighted by molar-refractivity contribution is 7.02. The summed E-state index contributed by atoms with van der Waals surface area (Å²) in [4.78, 5) is 79.8. The van der Waals surface area contributed by atoms with Crippen LogP contribution in [0.2, 0.25) is 13.1 Å². The maximum absolute atomic E-state index is 14.9. The first-order valence-electron chi connectivity index (χ1n) is 26.9. The van der Waals surface area contributed by atoms with E-state index in [0.29, 0.717) is 62.7 Å². The monoisotopic (exact) mass is 1050 g/mol. The molecule has 4 aromatic carbocycles. The first-order valence-corrected chi connectivity index (χ1v) is 29.9. The zero-order valence-corrected chi connectivity index (χ0v) is 47.2. The minimum Gasteiger partial charge on any atom is -0.508 e. The van der Waals surface area contributed by atoms with E-state index in [0.717, 1.165) is 22.0 Å². The van der Waals surface area contributed by atoms with Gasteiger partial charge in [-0.05, 0) is 145 Å². The predicted molar refractivity (Wildman–Crippen MR) is 308 cm³/mol. The van der Waals surface area contributed by atoms with Crippen LogP contribution in [-0.4, -0.2) is 113 Å². The van der Waals surface area contributed by atoms with Gasteiger partial charge in [-0.1, -0.05) is 80.2 Å². The summed E-state index contributed by atoms with van der Waals surface area (Å²) in [6, 6.07) is 26.6. The standard InChI is InChI=1S/C61H79N7O7Si/c1-39-17-15-18-41(3)75-58(71)38-53(42-24-28-47(69)29-25-42)65-60(73)54(35-44-34-43-19-11-12-21-51(43)63-44)68(8)61(74)52(64-59(72)40(2)33-39)22-13-14-32-62-57(70)23-16-20-48-49-30-26-45(66(4)5)36-55(49)76(9,10)56-37-46(67(6)7)27-31-50(48)56/h11-12,17,19-21,24-31,34,36-37,40-41,52-54,63,69H,13-16,18,22-23,32-33,35,38H2,1-10H3,(H,62,70)(H,64,72)(H,65,73)/b39-17-/t40-,41-,52-,53+,54+/m0/s1. The molecule has 5 aromatic rings. The topological polar surface area (TPSA) is 176 Å². The van der Waals surface area contributed by atoms with Gasteiger partial charge in [0.25, 0.3) is 0 Å². The number of carbonyl (C=O) groups is 5. The highest BCUT2D eigenvalue weighted by Crippen LogP contribution is 2.34. The van der Waals surface area contributed by atoms with Crippen LogP contribution in [0.5, 0.6) is 5.75 Å². The minimum absolute atomic E-state index is 0.0299. The third-order valence-electron chi connectivity index (χ3n) is 15.1. The largest absolute Gasteiger partial charge is 0.508 e. The van der Waals surface area contributed by atoms with Crippen LogP contribution in [-0.2, 0) is 35.1 Å². The molecule has 1 aromatic heterocycles. The summed E-state index contributed by atoms with van der Waals surface area (Å²) >= 11 is 0. The van der Waals surface area contributed by atoms with Crippen molar-refractivity contribution in [3.05, 3.63) is 131 Å². The van der Waals surface area contributed by atoms with E-state index >= 15 is 0 Å². The molecule has 5 atom stereocenters. The zero-order chi connectivity index (χ0) is 54.8. The molecule has 404 valence electrons. The number of nitrogens with one attached hydrogen (secondary N) is 4. The average Bonchev–Trinajstić information content (AvgIpc) is 3.85. The van der Waals surface area contributed by atoms with Gasteiger partial charge in [0, 0.05) is 83.1 Å². The van der Waals surface area contributed by atoms with E-state index in [1.54, 1.807) is 19.2 Å². The molecule has 0 saturated heterocycles. The Labute approximate surface area is 450 Å². The molecule has 2 aliphatic rings. The lowest BCUT2D eigenvalue weighted by Gasteiger charge is -2.36. The number of unbranched alkanes of at least 4 members (excludes halogenated alkanes) is 1. The molecule has 4 amide bonds. The van der Waals surface area contributed by atoms with Crippen molar-refractivity contribution in [2.75, 3.05) is 51.6 Å². The number of para-hydroxylation sites is 1. The van der Waals surface area contributed by atoms with Gasteiger partial charge in [0.05, 0.1) is 18.6 Å². The number of allylic oxidation sites excluding steroid dienone is 3. The first-order chi connectivity index (χ1) is 36.2. The van der Waals surface area contributed by atoms with Crippen LogP contribution in [0.15, 0.2) is 109 Å². The van der Waals surface area contributed by atoms with E-state index in [2.05, 4.69) is 121 Å². The number of cyclic esters (lactones) is 1. The van der Waals surface area contributed by atoms with Gasteiger partial charge in [-0.15, -0.1) is 0 Å². The molecule has 0 aliphatic carbocycles. The van der Waals surface area contributed by atoms with Gasteiger partial charge in [-0.25, -0.2) is 0 Å². The second-order valence-corrected chi connectivity index (χ2v) is 26.2. The fourth-order valence-corrected chi connectivity index (χ4v) is 13.6. The van der Waals surface area contributed by atoms with Crippen molar-refractivity contribution in [2.24, 2.45) is 5.92 Å². The van der Waals surface area contributed by atoms with Crippen LogP contribution < -0.4 is 36.1 Å². The van der Waals surface area contributed by atoms with E-state index in [-0.39, 0.29) is 36.8 Å². The SMILES string of the molecule is C/C1=C/CC[C@H](C)OC(=O)C[C@H](c2ccc(O)cc2)NC(=O)[C@@H](Cc2cc3ccccc3[nH]2)N(C)C(=O)[C@H](CCCCNC(=O)CCC=C2c3ccc(N(C)C)cc3[Si](C)(C)c3cc(N(C)C)ccc32)NC(=O)[C@@H](C)C1. The number of hydrogen-bond acceptors (Lipinski definition) is 9. The molecule has 0 radical (unpaired) electrons. The lowest BCUT2D eigenvalue weighted by Crippen LogP contribution is -2.58. The molecule has 0 unspecified atom stereocenters. The van der Waals surface area contributed by atoms with Gasteiger partial charge < -0.3 is 45.5 Å². The summed E-state index contributed by atoms with van der Waals surface area (Å²) in [5, 5.41) is 23.1. The van der Waals surface area contributed by atoms with Crippen molar-refractivity contribution in [3.8, 4) is 5.75 Å². The Morgan fingerprint density at radius 1 is 0.842 bits per heavy atom. The molecular formula is C61H79N7O7Si. The molecular weight excluding hydrogens is 971 g/mol. The number of ether oxygens (including phenoxy) is 1. The highest BCUT2D eigenvalue weighted by Gasteiger charge is 2.38. The van der Waals surface area contributed by atoms with Crippen molar-refractivity contribution in [2.45, 2.75) is 122 Å². The molecule has 2 aliphatic heterocycles. The number of hydrogen-bond donors (Lipinski definition) is 5. The third kappa shape index (κ3) is 14.0. The lowest BCUT2D eigenvalue weighted by molar-refractivity contribution is -0.149. The first kappa shape index (κ1) is 56.6. The predicted octanol–water partition coefficient (Wildman–Crippen LogP) is 8.14. The van der Waals surface area contributed by atoms with Crippen LogP contribution in [0.1, 0.15) is 107 Å². The number of aromatic nitrogens is 1. The van der Waals surface area contributed by atoms with Crippen molar-refractivity contribution >= 4 is 75.9 Å². The molecule has 0 spiro atoms. The lowest BCUT2D eigenvalue weighted by atomic mass is 9.94. The molecule has 3 heterocycles. The maximum Gasteiger partial charge on any atom is 0.308 e. The number of phenols is 1. The highest BCUT2D eigenvalue weighted by atomic mass is 28.3. The summed E-state index contributed by atoms with van der Waals surface area (Å²) in [6.07, 6.45) is 7.61. The Morgan fingerprint density at radius 3 is 2.14 bits per heavy atom. The number of esters is 1. The quantitative estimate of drug-likeness (QED) is 0.0337. The number of rotatable bonds is 13. The number of H-pyrrole nitrogens is 1. The second-order valence-electron chi connectivity index (χ2n) is 21.9.